The monoisotopic (exact) mass is 226 g/mol. The summed E-state index contributed by atoms with van der Waals surface area (Å²) in [6.45, 7) is 7.29. The van der Waals surface area contributed by atoms with E-state index in [1.165, 1.54) is 25.7 Å². The third-order valence-electron chi connectivity index (χ3n) is 1.45. The van der Waals surface area contributed by atoms with E-state index in [0.29, 0.717) is 0 Å². The molecule has 0 atom stereocenters. The first-order valence-electron chi connectivity index (χ1n) is 3.97. The summed E-state index contributed by atoms with van der Waals surface area (Å²) in [7, 11) is 0. The van der Waals surface area contributed by atoms with Crippen LogP contribution in [0.5, 0.6) is 0 Å². The van der Waals surface area contributed by atoms with Crippen LogP contribution in [0.3, 0.4) is 0 Å². The zero-order chi connectivity index (χ0) is 7.66. The molecule has 0 spiro atoms. The molecular weight excluding hydrogens is 209 g/mol. The van der Waals surface area contributed by atoms with E-state index < -0.39 is 0 Å². The molecule has 11 heavy (non-hydrogen) atoms. The fraction of sp³-hybridized carbons (Fsp3) is 0.500. The number of unbranched alkanes of at least 4 members (excludes halogenated alkanes) is 5. The minimum absolute atomic E-state index is 0. The molecule has 0 unspecified atom stereocenters. The molecule has 0 nitrogen and oxygen atoms in total. The van der Waals surface area contributed by atoms with Crippen molar-refractivity contribution in [1.29, 1.82) is 0 Å². The van der Waals surface area contributed by atoms with Gasteiger partial charge >= 0.3 is 0 Å². The minimum Gasteiger partial charge on any atom is -0.245 e. The van der Waals surface area contributed by atoms with Gasteiger partial charge in [0, 0.05) is 32.7 Å². The van der Waals surface area contributed by atoms with Crippen molar-refractivity contribution < 1.29 is 32.7 Å². The summed E-state index contributed by atoms with van der Waals surface area (Å²) in [5.41, 5.74) is 0. The average molecular weight is 226 g/mol. The normalized spacial score (nSPS) is 8.00. The first-order chi connectivity index (χ1) is 4.91. The molecule has 0 saturated carbocycles. The van der Waals surface area contributed by atoms with Crippen molar-refractivity contribution in [3.8, 4) is 0 Å². The van der Waals surface area contributed by atoms with E-state index in [-0.39, 0.29) is 32.7 Å². The number of allylic oxidation sites excluding steroid dienone is 2. The molecule has 0 aliphatic heterocycles. The van der Waals surface area contributed by atoms with Gasteiger partial charge < -0.3 is 0 Å². The fourth-order valence-electron chi connectivity index (χ4n) is 0.845. The molecule has 1 radical (unpaired) electrons. The van der Waals surface area contributed by atoms with Gasteiger partial charge in [-0.1, -0.05) is 18.9 Å². The van der Waals surface area contributed by atoms with Gasteiger partial charge in [0.25, 0.3) is 0 Å². The van der Waals surface area contributed by atoms with Crippen molar-refractivity contribution in [3.05, 3.63) is 31.7 Å². The Kier molecular flexibility index (Phi) is 16.6. The van der Waals surface area contributed by atoms with Gasteiger partial charge in [0.05, 0.1) is 0 Å². The summed E-state index contributed by atoms with van der Waals surface area (Å²) in [6.07, 6.45) is 12.2. The van der Waals surface area contributed by atoms with Crippen LogP contribution in [0.2, 0.25) is 0 Å². The van der Waals surface area contributed by atoms with Crippen LogP contribution in [0.25, 0.3) is 0 Å². The fourth-order valence-corrected chi connectivity index (χ4v) is 0.845. The Labute approximate surface area is 96.0 Å². The molecule has 0 N–H and O–H groups in total. The van der Waals surface area contributed by atoms with Gasteiger partial charge in [0.2, 0.25) is 0 Å². The molecule has 0 fully saturated rings. The number of rotatable bonds is 7. The number of hydrogen-bond donors (Lipinski definition) is 0. The smallest absolute Gasteiger partial charge is 0 e. The molecule has 61 valence electrons. The Morgan fingerprint density at radius 3 is 2.36 bits per heavy atom. The van der Waals surface area contributed by atoms with Gasteiger partial charge in [-0.3, -0.25) is 0 Å². The van der Waals surface area contributed by atoms with Crippen LogP contribution in [-0.4, -0.2) is 0 Å². The van der Waals surface area contributed by atoms with Crippen molar-refractivity contribution in [2.45, 2.75) is 32.1 Å². The molecule has 1 heteroatoms. The molecule has 0 rings (SSSR count). The molecule has 0 aliphatic carbocycles. The Bertz CT molecular complexity index is 74.9. The summed E-state index contributed by atoms with van der Waals surface area (Å²) in [5, 5.41) is 0. The maximum Gasteiger partial charge on any atom is 0 e. The van der Waals surface area contributed by atoms with Crippen LogP contribution in [0.1, 0.15) is 32.1 Å². The molecule has 0 bridgehead atoms. The van der Waals surface area contributed by atoms with E-state index in [1.54, 1.807) is 0 Å². The molecular formula is C10H17Y-. The maximum atomic E-state index is 3.67. The van der Waals surface area contributed by atoms with Crippen LogP contribution in [0.15, 0.2) is 25.3 Å². The third kappa shape index (κ3) is 13.4. The third-order valence-corrected chi connectivity index (χ3v) is 1.45. The quantitative estimate of drug-likeness (QED) is 0.354. The second kappa shape index (κ2) is 13.1. The van der Waals surface area contributed by atoms with Crippen molar-refractivity contribution >= 4 is 0 Å². The van der Waals surface area contributed by atoms with Crippen molar-refractivity contribution in [2.75, 3.05) is 0 Å². The first-order valence-corrected chi connectivity index (χ1v) is 3.97. The SMILES string of the molecule is C=C[CH-]CCCCCC=C.[Y]. The van der Waals surface area contributed by atoms with Gasteiger partial charge in [-0.05, 0) is 12.8 Å². The zero-order valence-electron chi connectivity index (χ0n) is 7.26. The second-order valence-corrected chi connectivity index (χ2v) is 2.40. The van der Waals surface area contributed by atoms with E-state index in [0.717, 1.165) is 6.42 Å². The van der Waals surface area contributed by atoms with Crippen LogP contribution < -0.4 is 0 Å². The maximum absolute atomic E-state index is 3.67. The molecule has 0 aliphatic rings. The topological polar surface area (TPSA) is 0 Å². The number of hydrogen-bond acceptors (Lipinski definition) is 0. The summed E-state index contributed by atoms with van der Waals surface area (Å²) in [4.78, 5) is 0. The summed E-state index contributed by atoms with van der Waals surface area (Å²) in [6, 6.07) is 0. The molecule has 0 aromatic rings. The summed E-state index contributed by atoms with van der Waals surface area (Å²) < 4.78 is 0. The van der Waals surface area contributed by atoms with E-state index in [1.807, 2.05) is 12.2 Å². The molecule has 0 saturated heterocycles. The van der Waals surface area contributed by atoms with Crippen LogP contribution in [0.4, 0.5) is 0 Å². The van der Waals surface area contributed by atoms with Gasteiger partial charge in [-0.25, -0.2) is 19.1 Å². The van der Waals surface area contributed by atoms with E-state index in [4.69, 9.17) is 0 Å². The Balaban J connectivity index is 0. The second-order valence-electron chi connectivity index (χ2n) is 2.40. The summed E-state index contributed by atoms with van der Waals surface area (Å²) in [5.74, 6) is 0. The van der Waals surface area contributed by atoms with Gasteiger partial charge in [0.15, 0.2) is 0 Å². The average Bonchev–Trinajstić information content (AvgIpc) is 1.97. The molecule has 0 heterocycles. The van der Waals surface area contributed by atoms with Crippen molar-refractivity contribution in [3.63, 3.8) is 0 Å². The van der Waals surface area contributed by atoms with Crippen LogP contribution in [-0.2, 0) is 32.7 Å². The molecule has 0 aromatic carbocycles. The predicted molar refractivity (Wildman–Crippen MR) is 47.8 cm³/mol. The van der Waals surface area contributed by atoms with E-state index in [2.05, 4.69) is 19.6 Å². The Morgan fingerprint density at radius 2 is 1.82 bits per heavy atom. The Hall–Kier alpha value is 0.454. The largest absolute Gasteiger partial charge is 0.245 e. The van der Waals surface area contributed by atoms with Crippen LogP contribution >= 0.6 is 0 Å². The standard InChI is InChI=1S/C10H17.Y/c1-3-5-7-9-10-8-6-4-2;/h3-5H,1-2,6-10H2;/q-1;. The first kappa shape index (κ1) is 14.0. The van der Waals surface area contributed by atoms with Crippen molar-refractivity contribution in [1.82, 2.24) is 0 Å². The Morgan fingerprint density at radius 1 is 1.09 bits per heavy atom. The van der Waals surface area contributed by atoms with Crippen LogP contribution in [0, 0.1) is 6.42 Å². The van der Waals surface area contributed by atoms with Gasteiger partial charge in [0.1, 0.15) is 0 Å². The molecule has 0 amide bonds. The minimum atomic E-state index is 0. The summed E-state index contributed by atoms with van der Waals surface area (Å²) >= 11 is 0. The van der Waals surface area contributed by atoms with Gasteiger partial charge in [-0.2, -0.15) is 0 Å². The van der Waals surface area contributed by atoms with E-state index >= 15 is 0 Å². The van der Waals surface area contributed by atoms with Crippen molar-refractivity contribution in [2.24, 2.45) is 0 Å². The van der Waals surface area contributed by atoms with E-state index in [9.17, 15) is 0 Å². The molecule has 0 aromatic heterocycles. The zero-order valence-corrected chi connectivity index (χ0v) is 10.1. The van der Waals surface area contributed by atoms with Gasteiger partial charge in [-0.15, -0.1) is 13.0 Å². The predicted octanol–water partition coefficient (Wildman–Crippen LogP) is 3.51.